The maximum atomic E-state index is 4.89. The maximum absolute atomic E-state index is 4.89. The van der Waals surface area contributed by atoms with Gasteiger partial charge in [0.25, 0.3) is 0 Å². The third-order valence-electron chi connectivity index (χ3n) is 1.23. The Morgan fingerprint density at radius 3 is 2.50 bits per heavy atom. The molecule has 3 heteroatoms. The lowest BCUT2D eigenvalue weighted by Gasteiger charge is -2.07. The molecule has 0 spiro atoms. The van der Waals surface area contributed by atoms with Gasteiger partial charge in [-0.05, 0) is 24.6 Å². The lowest BCUT2D eigenvalue weighted by atomic mass is 10.1. The zero-order chi connectivity index (χ0) is 7.98. The summed E-state index contributed by atoms with van der Waals surface area (Å²) in [6, 6.07) is 0. The molecule has 0 saturated heterocycles. The largest absolute Gasteiger partial charge is 0.366 e. The number of rotatable bonds is 3. The normalized spacial score (nSPS) is 9.60. The second-order valence-electron chi connectivity index (χ2n) is 2.69. The number of hydrogen-bond donors (Lipinski definition) is 2. The van der Waals surface area contributed by atoms with Crippen LogP contribution in [0.15, 0.2) is 0 Å². The summed E-state index contributed by atoms with van der Waals surface area (Å²) in [7, 11) is 1.82. The van der Waals surface area contributed by atoms with Crippen molar-refractivity contribution < 1.29 is 0 Å². The van der Waals surface area contributed by atoms with E-state index in [-0.39, 0.29) is 0 Å². The van der Waals surface area contributed by atoms with Crippen LogP contribution in [0, 0.1) is 5.92 Å². The second-order valence-corrected chi connectivity index (χ2v) is 3.10. The van der Waals surface area contributed by atoms with Crippen molar-refractivity contribution in [2.24, 2.45) is 5.92 Å². The van der Waals surface area contributed by atoms with Crippen LogP contribution in [0.5, 0.6) is 0 Å². The highest BCUT2D eigenvalue weighted by Crippen LogP contribution is 1.95. The molecular formula is C7H16N2S. The highest BCUT2D eigenvalue weighted by atomic mass is 32.1. The first-order valence-electron chi connectivity index (χ1n) is 3.62. The lowest BCUT2D eigenvalue weighted by Crippen LogP contribution is -2.33. The van der Waals surface area contributed by atoms with E-state index in [1.165, 1.54) is 6.42 Å². The summed E-state index contributed by atoms with van der Waals surface area (Å²) < 4.78 is 0. The smallest absolute Gasteiger partial charge is 0.166 e. The molecule has 2 nitrogen and oxygen atoms in total. The third-order valence-corrected chi connectivity index (χ3v) is 1.58. The van der Waals surface area contributed by atoms with Crippen molar-refractivity contribution in [3.63, 3.8) is 0 Å². The van der Waals surface area contributed by atoms with Crippen molar-refractivity contribution in [3.05, 3.63) is 0 Å². The molecule has 2 N–H and O–H groups in total. The van der Waals surface area contributed by atoms with E-state index in [9.17, 15) is 0 Å². The highest BCUT2D eigenvalue weighted by Gasteiger charge is 1.93. The Hall–Kier alpha value is -0.310. The third kappa shape index (κ3) is 5.82. The minimum absolute atomic E-state index is 0.737. The Morgan fingerprint density at radius 1 is 1.50 bits per heavy atom. The molecule has 0 aliphatic rings. The van der Waals surface area contributed by atoms with E-state index in [2.05, 4.69) is 24.5 Å². The van der Waals surface area contributed by atoms with Gasteiger partial charge in [0.15, 0.2) is 5.11 Å². The minimum Gasteiger partial charge on any atom is -0.366 e. The van der Waals surface area contributed by atoms with Gasteiger partial charge >= 0.3 is 0 Å². The SMILES string of the molecule is CNC(=S)NCCC(C)C. The Morgan fingerprint density at radius 2 is 2.10 bits per heavy atom. The van der Waals surface area contributed by atoms with Gasteiger partial charge in [0, 0.05) is 13.6 Å². The van der Waals surface area contributed by atoms with Crippen molar-refractivity contribution in [3.8, 4) is 0 Å². The minimum atomic E-state index is 0.737. The average Bonchev–Trinajstić information content (AvgIpc) is 1.87. The first kappa shape index (κ1) is 9.69. The van der Waals surface area contributed by atoms with Crippen LogP contribution < -0.4 is 10.6 Å². The first-order valence-corrected chi connectivity index (χ1v) is 4.03. The summed E-state index contributed by atoms with van der Waals surface area (Å²) in [5.74, 6) is 0.743. The van der Waals surface area contributed by atoms with Gasteiger partial charge in [-0.2, -0.15) is 0 Å². The van der Waals surface area contributed by atoms with Gasteiger partial charge < -0.3 is 10.6 Å². The Labute approximate surface area is 68.4 Å². The van der Waals surface area contributed by atoms with Crippen LogP contribution in [0.3, 0.4) is 0 Å². The average molecular weight is 160 g/mol. The summed E-state index contributed by atoms with van der Waals surface area (Å²) in [6.45, 7) is 5.37. The zero-order valence-corrected chi connectivity index (χ0v) is 7.72. The Kier molecular flexibility index (Phi) is 5.30. The predicted octanol–water partition coefficient (Wildman–Crippen LogP) is 1.13. The molecule has 0 rings (SSSR count). The fourth-order valence-electron chi connectivity index (χ4n) is 0.563. The van der Waals surface area contributed by atoms with Gasteiger partial charge in [-0.15, -0.1) is 0 Å². The Bertz CT molecular complexity index is 102. The van der Waals surface area contributed by atoms with E-state index in [1.807, 2.05) is 7.05 Å². The van der Waals surface area contributed by atoms with Gasteiger partial charge in [0.1, 0.15) is 0 Å². The summed E-state index contributed by atoms with van der Waals surface area (Å²) in [6.07, 6.45) is 1.17. The van der Waals surface area contributed by atoms with E-state index in [0.717, 1.165) is 17.6 Å². The maximum Gasteiger partial charge on any atom is 0.166 e. The van der Waals surface area contributed by atoms with Crippen LogP contribution in [0.25, 0.3) is 0 Å². The number of thiocarbonyl (C=S) groups is 1. The van der Waals surface area contributed by atoms with Gasteiger partial charge in [-0.25, -0.2) is 0 Å². The van der Waals surface area contributed by atoms with Crippen molar-refractivity contribution in [1.82, 2.24) is 10.6 Å². The second kappa shape index (κ2) is 5.47. The molecule has 0 aliphatic heterocycles. The van der Waals surface area contributed by atoms with Gasteiger partial charge in [0.2, 0.25) is 0 Å². The van der Waals surface area contributed by atoms with Crippen LogP contribution in [0.4, 0.5) is 0 Å². The summed E-state index contributed by atoms with van der Waals surface area (Å²) in [5.41, 5.74) is 0. The lowest BCUT2D eigenvalue weighted by molar-refractivity contribution is 0.577. The van der Waals surface area contributed by atoms with Crippen LogP contribution in [0.1, 0.15) is 20.3 Å². The standard InChI is InChI=1S/C7H16N2S/c1-6(2)4-5-9-7(10)8-3/h6H,4-5H2,1-3H3,(H2,8,9,10). The zero-order valence-electron chi connectivity index (χ0n) is 6.90. The molecule has 0 unspecified atom stereocenters. The first-order chi connectivity index (χ1) is 4.66. The van der Waals surface area contributed by atoms with Crippen LogP contribution in [-0.2, 0) is 0 Å². The quantitative estimate of drug-likeness (QED) is 0.605. The molecule has 0 saturated carbocycles. The molecule has 0 radical (unpaired) electrons. The van der Waals surface area contributed by atoms with Gasteiger partial charge in [0.05, 0.1) is 0 Å². The summed E-state index contributed by atoms with van der Waals surface area (Å²) in [5, 5.41) is 6.68. The van der Waals surface area contributed by atoms with Crippen LogP contribution >= 0.6 is 12.2 Å². The van der Waals surface area contributed by atoms with E-state index < -0.39 is 0 Å². The molecule has 0 aromatic rings. The topological polar surface area (TPSA) is 24.1 Å². The predicted molar refractivity (Wildman–Crippen MR) is 49.1 cm³/mol. The molecule has 0 amide bonds. The van der Waals surface area contributed by atoms with Crippen molar-refractivity contribution in [1.29, 1.82) is 0 Å². The number of hydrogen-bond acceptors (Lipinski definition) is 1. The molecule has 0 aromatic carbocycles. The molecule has 0 aliphatic carbocycles. The molecule has 10 heavy (non-hydrogen) atoms. The fraction of sp³-hybridized carbons (Fsp3) is 0.857. The molecule has 0 heterocycles. The highest BCUT2D eigenvalue weighted by molar-refractivity contribution is 7.80. The van der Waals surface area contributed by atoms with E-state index in [4.69, 9.17) is 12.2 Å². The Balaban J connectivity index is 3.12. The van der Waals surface area contributed by atoms with Crippen molar-refractivity contribution >= 4 is 17.3 Å². The van der Waals surface area contributed by atoms with Crippen molar-refractivity contribution in [2.75, 3.05) is 13.6 Å². The molecular weight excluding hydrogens is 144 g/mol. The molecule has 0 fully saturated rings. The van der Waals surface area contributed by atoms with E-state index in [1.54, 1.807) is 0 Å². The van der Waals surface area contributed by atoms with Crippen molar-refractivity contribution in [2.45, 2.75) is 20.3 Å². The molecule has 0 atom stereocenters. The van der Waals surface area contributed by atoms with Gasteiger partial charge in [-0.1, -0.05) is 13.8 Å². The van der Waals surface area contributed by atoms with Crippen LogP contribution in [0.2, 0.25) is 0 Å². The number of nitrogens with one attached hydrogen (secondary N) is 2. The monoisotopic (exact) mass is 160 g/mol. The molecule has 0 bridgehead atoms. The van der Waals surface area contributed by atoms with E-state index in [0.29, 0.717) is 0 Å². The molecule has 60 valence electrons. The van der Waals surface area contributed by atoms with Gasteiger partial charge in [-0.3, -0.25) is 0 Å². The molecule has 0 aromatic heterocycles. The summed E-state index contributed by atoms with van der Waals surface area (Å²) >= 11 is 4.89. The summed E-state index contributed by atoms with van der Waals surface area (Å²) in [4.78, 5) is 0. The van der Waals surface area contributed by atoms with Crippen LogP contribution in [-0.4, -0.2) is 18.7 Å². The van der Waals surface area contributed by atoms with E-state index >= 15 is 0 Å². The fourth-order valence-corrected chi connectivity index (χ4v) is 0.665.